The Balaban J connectivity index is 3.18. The van der Waals surface area contributed by atoms with Crippen LogP contribution in [0.3, 0.4) is 0 Å². The monoisotopic (exact) mass is 364 g/mol. The normalized spacial score (nSPS) is 13.4. The molecule has 0 aliphatic carbocycles. The SMILES string of the molecule is CCC(COC)NS(=O)(=O)c1cc(CN)cc(C)c1Br. The summed E-state index contributed by atoms with van der Waals surface area (Å²) in [5.74, 6) is 0. The second-order valence-electron chi connectivity index (χ2n) is 4.61. The van der Waals surface area contributed by atoms with E-state index in [2.05, 4.69) is 20.7 Å². The first-order chi connectivity index (χ1) is 9.35. The van der Waals surface area contributed by atoms with Crippen LogP contribution in [-0.4, -0.2) is 28.2 Å². The molecule has 0 spiro atoms. The van der Waals surface area contributed by atoms with Crippen LogP contribution in [0.5, 0.6) is 0 Å². The van der Waals surface area contributed by atoms with Gasteiger partial charge in [-0.05, 0) is 46.5 Å². The molecule has 0 aliphatic rings. The molecule has 0 aromatic heterocycles. The minimum absolute atomic E-state index is 0.215. The van der Waals surface area contributed by atoms with Gasteiger partial charge in [-0.2, -0.15) is 0 Å². The van der Waals surface area contributed by atoms with Crippen LogP contribution >= 0.6 is 15.9 Å². The summed E-state index contributed by atoms with van der Waals surface area (Å²) in [7, 11) is -2.06. The molecule has 20 heavy (non-hydrogen) atoms. The average molecular weight is 365 g/mol. The Bertz CT molecular complexity index is 561. The molecule has 0 saturated carbocycles. The van der Waals surface area contributed by atoms with Crippen molar-refractivity contribution < 1.29 is 13.2 Å². The van der Waals surface area contributed by atoms with E-state index in [4.69, 9.17) is 10.5 Å². The summed E-state index contributed by atoms with van der Waals surface area (Å²) in [5.41, 5.74) is 7.23. The number of nitrogens with one attached hydrogen (secondary N) is 1. The molecular weight excluding hydrogens is 344 g/mol. The standard InChI is InChI=1S/C13H21BrN2O3S/c1-4-11(8-19-3)16-20(17,18)12-6-10(7-15)5-9(2)13(12)14/h5-6,11,16H,4,7-8,15H2,1-3H3. The smallest absolute Gasteiger partial charge is 0.242 e. The fraction of sp³-hybridized carbons (Fsp3) is 0.538. The molecule has 3 N–H and O–H groups in total. The Morgan fingerprint density at radius 3 is 2.60 bits per heavy atom. The molecule has 7 heteroatoms. The summed E-state index contributed by atoms with van der Waals surface area (Å²) in [4.78, 5) is 0.215. The number of benzene rings is 1. The third-order valence-corrected chi connectivity index (χ3v) is 5.85. The number of ether oxygens (including phenoxy) is 1. The minimum Gasteiger partial charge on any atom is -0.383 e. The van der Waals surface area contributed by atoms with Gasteiger partial charge >= 0.3 is 0 Å². The highest BCUT2D eigenvalue weighted by molar-refractivity contribution is 9.10. The van der Waals surface area contributed by atoms with Gasteiger partial charge in [0.2, 0.25) is 10.0 Å². The fourth-order valence-corrected chi connectivity index (χ4v) is 4.21. The average Bonchev–Trinajstić information content (AvgIpc) is 2.40. The Morgan fingerprint density at radius 2 is 2.10 bits per heavy atom. The van der Waals surface area contributed by atoms with Crippen molar-refractivity contribution in [2.75, 3.05) is 13.7 Å². The lowest BCUT2D eigenvalue weighted by Crippen LogP contribution is -2.37. The number of halogens is 1. The summed E-state index contributed by atoms with van der Waals surface area (Å²) < 4.78 is 33.2. The van der Waals surface area contributed by atoms with Gasteiger partial charge in [-0.3, -0.25) is 0 Å². The molecule has 0 saturated heterocycles. The zero-order chi connectivity index (χ0) is 15.3. The molecule has 0 heterocycles. The summed E-state index contributed by atoms with van der Waals surface area (Å²) in [6, 6.07) is 3.22. The molecule has 0 amide bonds. The number of nitrogens with two attached hydrogens (primary N) is 1. The van der Waals surface area contributed by atoms with Gasteiger partial charge in [0.25, 0.3) is 0 Å². The maximum absolute atomic E-state index is 12.5. The largest absolute Gasteiger partial charge is 0.383 e. The first kappa shape index (κ1) is 17.6. The van der Waals surface area contributed by atoms with Gasteiger partial charge in [0.15, 0.2) is 0 Å². The highest BCUT2D eigenvalue weighted by Gasteiger charge is 2.23. The molecule has 114 valence electrons. The fourth-order valence-electron chi connectivity index (χ4n) is 1.84. The second-order valence-corrected chi connectivity index (χ2v) is 7.09. The minimum atomic E-state index is -3.61. The maximum Gasteiger partial charge on any atom is 0.242 e. The molecule has 1 aromatic carbocycles. The summed E-state index contributed by atoms with van der Waals surface area (Å²) in [6.07, 6.45) is 0.653. The lowest BCUT2D eigenvalue weighted by atomic mass is 10.1. The van der Waals surface area contributed by atoms with Crippen LogP contribution < -0.4 is 10.5 Å². The number of rotatable bonds is 7. The van der Waals surface area contributed by atoms with Gasteiger partial charge in [-0.1, -0.05) is 13.0 Å². The molecule has 0 aliphatic heterocycles. The molecule has 1 aromatic rings. The molecule has 1 unspecified atom stereocenters. The first-order valence-corrected chi connectivity index (χ1v) is 8.63. The predicted octanol–water partition coefficient (Wildman–Crippen LogP) is 1.92. The van der Waals surface area contributed by atoms with Crippen LogP contribution in [0.15, 0.2) is 21.5 Å². The van der Waals surface area contributed by atoms with E-state index >= 15 is 0 Å². The van der Waals surface area contributed by atoms with E-state index in [1.54, 1.807) is 13.2 Å². The third-order valence-electron chi connectivity index (χ3n) is 2.99. The number of hydrogen-bond acceptors (Lipinski definition) is 4. The van der Waals surface area contributed by atoms with Crippen molar-refractivity contribution in [1.82, 2.24) is 4.72 Å². The van der Waals surface area contributed by atoms with E-state index < -0.39 is 10.0 Å². The Morgan fingerprint density at radius 1 is 1.45 bits per heavy atom. The number of hydrogen-bond donors (Lipinski definition) is 2. The first-order valence-electron chi connectivity index (χ1n) is 6.36. The van der Waals surface area contributed by atoms with E-state index in [-0.39, 0.29) is 10.9 Å². The van der Waals surface area contributed by atoms with E-state index in [0.717, 1.165) is 11.1 Å². The lowest BCUT2D eigenvalue weighted by molar-refractivity contribution is 0.173. The van der Waals surface area contributed by atoms with E-state index in [1.165, 1.54) is 0 Å². The summed E-state index contributed by atoms with van der Waals surface area (Å²) in [5, 5.41) is 0. The van der Waals surface area contributed by atoms with Gasteiger partial charge in [0.1, 0.15) is 0 Å². The third kappa shape index (κ3) is 4.26. The highest BCUT2D eigenvalue weighted by atomic mass is 79.9. The van der Waals surface area contributed by atoms with Crippen molar-refractivity contribution >= 4 is 26.0 Å². The summed E-state index contributed by atoms with van der Waals surface area (Å²) >= 11 is 3.34. The van der Waals surface area contributed by atoms with Crippen LogP contribution in [-0.2, 0) is 21.3 Å². The van der Waals surface area contributed by atoms with Crippen LogP contribution in [0, 0.1) is 6.92 Å². The van der Waals surface area contributed by atoms with Crippen molar-refractivity contribution in [2.24, 2.45) is 5.73 Å². The molecule has 0 fully saturated rings. The number of aryl methyl sites for hydroxylation is 1. The molecule has 1 rings (SSSR count). The second kappa shape index (κ2) is 7.51. The Hall–Kier alpha value is -0.470. The molecule has 1 atom stereocenters. The van der Waals surface area contributed by atoms with Crippen molar-refractivity contribution in [3.8, 4) is 0 Å². The quantitative estimate of drug-likeness (QED) is 0.774. The number of sulfonamides is 1. The highest BCUT2D eigenvalue weighted by Crippen LogP contribution is 2.27. The van der Waals surface area contributed by atoms with Crippen LogP contribution in [0.25, 0.3) is 0 Å². The topological polar surface area (TPSA) is 81.4 Å². The van der Waals surface area contributed by atoms with Crippen molar-refractivity contribution in [3.63, 3.8) is 0 Å². The molecule has 0 bridgehead atoms. The van der Waals surface area contributed by atoms with E-state index in [1.807, 2.05) is 19.9 Å². The van der Waals surface area contributed by atoms with Crippen LogP contribution in [0.4, 0.5) is 0 Å². The summed E-state index contributed by atoms with van der Waals surface area (Å²) in [6.45, 7) is 4.38. The lowest BCUT2D eigenvalue weighted by Gasteiger charge is -2.18. The maximum atomic E-state index is 12.5. The zero-order valence-corrected chi connectivity index (χ0v) is 14.3. The molecule has 5 nitrogen and oxygen atoms in total. The van der Waals surface area contributed by atoms with Crippen molar-refractivity contribution in [2.45, 2.75) is 37.8 Å². The van der Waals surface area contributed by atoms with Gasteiger partial charge in [-0.25, -0.2) is 13.1 Å². The van der Waals surface area contributed by atoms with Crippen LogP contribution in [0.1, 0.15) is 24.5 Å². The van der Waals surface area contributed by atoms with Crippen molar-refractivity contribution in [3.05, 3.63) is 27.7 Å². The Labute approximate surface area is 129 Å². The number of methoxy groups -OCH3 is 1. The van der Waals surface area contributed by atoms with E-state index in [9.17, 15) is 8.42 Å². The van der Waals surface area contributed by atoms with Gasteiger partial charge < -0.3 is 10.5 Å². The molecule has 0 radical (unpaired) electrons. The van der Waals surface area contributed by atoms with Crippen LogP contribution in [0.2, 0.25) is 0 Å². The van der Waals surface area contributed by atoms with Gasteiger partial charge in [0.05, 0.1) is 11.5 Å². The Kier molecular flexibility index (Phi) is 6.60. The predicted molar refractivity (Wildman–Crippen MR) is 83.0 cm³/mol. The van der Waals surface area contributed by atoms with Gasteiger partial charge in [-0.15, -0.1) is 0 Å². The molecular formula is C13H21BrN2O3S. The zero-order valence-electron chi connectivity index (χ0n) is 11.9. The van der Waals surface area contributed by atoms with Crippen molar-refractivity contribution in [1.29, 1.82) is 0 Å². The van der Waals surface area contributed by atoms with Gasteiger partial charge in [0, 0.05) is 24.2 Å². The van der Waals surface area contributed by atoms with E-state index in [0.29, 0.717) is 24.0 Å².